The molecule has 0 bridgehead atoms. The second kappa shape index (κ2) is 16.0. The van der Waals surface area contributed by atoms with Crippen LogP contribution in [0.5, 0.6) is 17.2 Å². The van der Waals surface area contributed by atoms with Crippen molar-refractivity contribution < 1.29 is 165 Å². The summed E-state index contributed by atoms with van der Waals surface area (Å²) in [6.07, 6.45) is -84.0. The molecule has 0 spiro atoms. The zero-order valence-corrected chi connectivity index (χ0v) is 25.8. The standard InChI is InChI=1S/C22H8F30O7/c23-8(57-20(47,48)14(32,33)17(38,39)40)11(26,27)54-5-1-4(3-53)2-6(55-12(28,29)9(24)58-21(49,50)15(34,35)18(41,42)43)7(5)56-13(30,31)10(25)59-22(51,52)16(36,37)19(44,45)46/h1-2,8-10,53H,3H2. The fourth-order valence-corrected chi connectivity index (χ4v) is 2.86. The topological polar surface area (TPSA) is 75.6 Å². The van der Waals surface area contributed by atoms with Crippen LogP contribution in [0.15, 0.2) is 12.1 Å². The van der Waals surface area contributed by atoms with E-state index >= 15 is 0 Å². The van der Waals surface area contributed by atoms with Crippen LogP contribution in [0.25, 0.3) is 0 Å². The highest BCUT2D eigenvalue weighted by atomic mass is 19.4. The van der Waals surface area contributed by atoms with Crippen molar-refractivity contribution in [2.75, 3.05) is 0 Å². The average Bonchev–Trinajstić information content (AvgIpc) is 2.99. The highest BCUT2D eigenvalue weighted by molar-refractivity contribution is 5.54. The third-order valence-corrected chi connectivity index (χ3v) is 5.71. The molecule has 0 amide bonds. The molecule has 0 aromatic heterocycles. The Balaban J connectivity index is 4.03. The molecule has 37 heteroatoms. The lowest BCUT2D eigenvalue weighted by Crippen LogP contribution is -2.56. The molecule has 7 nitrogen and oxygen atoms in total. The van der Waals surface area contributed by atoms with Crippen LogP contribution in [0.4, 0.5) is 132 Å². The lowest BCUT2D eigenvalue weighted by atomic mass is 10.2. The lowest BCUT2D eigenvalue weighted by Gasteiger charge is -2.32. The highest BCUT2D eigenvalue weighted by Gasteiger charge is 2.78. The first-order valence-electron chi connectivity index (χ1n) is 13.0. The van der Waals surface area contributed by atoms with E-state index in [9.17, 15) is 132 Å². The van der Waals surface area contributed by atoms with E-state index in [0.717, 1.165) is 0 Å². The van der Waals surface area contributed by atoms with Gasteiger partial charge >= 0.3 is 92.0 Å². The van der Waals surface area contributed by atoms with E-state index in [4.69, 9.17) is 5.11 Å². The quantitative estimate of drug-likeness (QED) is 0.139. The molecule has 1 aromatic rings. The molecule has 0 aliphatic rings. The van der Waals surface area contributed by atoms with Crippen molar-refractivity contribution in [1.29, 1.82) is 0 Å². The maximum Gasteiger partial charge on any atom is 0.462 e. The summed E-state index contributed by atoms with van der Waals surface area (Å²) >= 11 is 0. The summed E-state index contributed by atoms with van der Waals surface area (Å²) in [6.45, 7) is -2.13. The number of aliphatic hydroxyl groups excluding tert-OH is 1. The number of rotatable bonds is 19. The van der Waals surface area contributed by atoms with Gasteiger partial charge in [0, 0.05) is 0 Å². The van der Waals surface area contributed by atoms with Gasteiger partial charge in [0.05, 0.1) is 6.61 Å². The van der Waals surface area contributed by atoms with E-state index < -0.39 is 134 Å². The predicted octanol–water partition coefficient (Wildman–Crippen LogP) is 10.4. The number of hydrogen-bond acceptors (Lipinski definition) is 7. The van der Waals surface area contributed by atoms with Gasteiger partial charge in [-0.05, 0) is 17.7 Å². The second-order valence-corrected chi connectivity index (χ2v) is 10.1. The SMILES string of the molecule is OCc1cc(OC(F)(F)C(F)OC(F)(F)C(F)(F)C(F)(F)F)c(OC(F)(F)C(F)OC(F)(F)C(F)(F)C(F)(F)F)c(OC(F)(F)C(F)OC(F)(F)C(F)(F)C(F)(F)F)c1. The largest absolute Gasteiger partial charge is 0.462 e. The number of ether oxygens (including phenoxy) is 6. The average molecular weight is 954 g/mol. The number of hydrogen-bond donors (Lipinski definition) is 1. The number of benzene rings is 1. The van der Waals surface area contributed by atoms with E-state index in [1.165, 1.54) is 0 Å². The summed E-state index contributed by atoms with van der Waals surface area (Å²) in [6, 6.07) is -1.72. The van der Waals surface area contributed by atoms with E-state index in [0.29, 0.717) is 0 Å². The van der Waals surface area contributed by atoms with Gasteiger partial charge in [0.15, 0.2) is 11.5 Å². The van der Waals surface area contributed by atoms with Gasteiger partial charge < -0.3 is 19.3 Å². The van der Waals surface area contributed by atoms with Crippen LogP contribution in [0.1, 0.15) is 5.56 Å². The minimum Gasteiger partial charge on any atom is -0.424 e. The Morgan fingerprint density at radius 1 is 0.390 bits per heavy atom. The third kappa shape index (κ3) is 11.0. The van der Waals surface area contributed by atoms with Crippen LogP contribution >= 0.6 is 0 Å². The van der Waals surface area contributed by atoms with Crippen LogP contribution in [-0.2, 0) is 20.8 Å². The lowest BCUT2D eigenvalue weighted by molar-refractivity contribution is -0.461. The van der Waals surface area contributed by atoms with Crippen molar-refractivity contribution in [2.45, 2.75) is 98.6 Å². The molecular formula is C22H8F30O7. The Morgan fingerprint density at radius 2 is 0.610 bits per heavy atom. The van der Waals surface area contributed by atoms with Crippen molar-refractivity contribution in [3.63, 3.8) is 0 Å². The van der Waals surface area contributed by atoms with Crippen LogP contribution in [0, 0.1) is 0 Å². The van der Waals surface area contributed by atoms with Gasteiger partial charge in [0.2, 0.25) is 5.75 Å². The third-order valence-electron chi connectivity index (χ3n) is 5.71. The van der Waals surface area contributed by atoms with E-state index in [2.05, 4.69) is 14.2 Å². The summed E-state index contributed by atoms with van der Waals surface area (Å²) in [4.78, 5) is 0. The van der Waals surface area contributed by atoms with Gasteiger partial charge in [-0.3, -0.25) is 14.2 Å². The molecule has 0 saturated carbocycles. The molecule has 1 rings (SSSR count). The first-order valence-corrected chi connectivity index (χ1v) is 13.0. The zero-order valence-electron chi connectivity index (χ0n) is 25.8. The van der Waals surface area contributed by atoms with Crippen LogP contribution < -0.4 is 14.2 Å². The van der Waals surface area contributed by atoms with E-state index in [1.54, 1.807) is 0 Å². The zero-order chi connectivity index (χ0) is 47.4. The molecule has 3 atom stereocenters. The van der Waals surface area contributed by atoms with Crippen LogP contribution in [0.3, 0.4) is 0 Å². The molecule has 3 unspecified atom stereocenters. The Labute approximate surface area is 300 Å². The van der Waals surface area contributed by atoms with Gasteiger partial charge in [0.25, 0.3) is 0 Å². The molecule has 59 heavy (non-hydrogen) atoms. The number of halogens is 30. The van der Waals surface area contributed by atoms with Crippen LogP contribution in [-0.4, -0.2) is 97.1 Å². The maximum absolute atomic E-state index is 14.5. The molecular weight excluding hydrogens is 946 g/mol. The Morgan fingerprint density at radius 3 is 0.814 bits per heavy atom. The van der Waals surface area contributed by atoms with Crippen molar-refractivity contribution in [1.82, 2.24) is 0 Å². The normalized spacial score (nSPS) is 16.8. The molecule has 0 radical (unpaired) electrons. The predicted molar refractivity (Wildman–Crippen MR) is 115 cm³/mol. The summed E-state index contributed by atoms with van der Waals surface area (Å²) in [7, 11) is 0. The maximum atomic E-state index is 14.5. The summed E-state index contributed by atoms with van der Waals surface area (Å²) < 4.78 is 412. The molecule has 0 fully saturated rings. The van der Waals surface area contributed by atoms with Gasteiger partial charge in [0.1, 0.15) is 0 Å². The minimum atomic E-state index is -7.74. The Kier molecular flexibility index (Phi) is 14.5. The molecule has 0 aliphatic heterocycles. The molecule has 1 N–H and O–H groups in total. The second-order valence-electron chi connectivity index (χ2n) is 10.1. The fourth-order valence-electron chi connectivity index (χ4n) is 2.86. The van der Waals surface area contributed by atoms with Crippen molar-refractivity contribution in [2.24, 2.45) is 0 Å². The smallest absolute Gasteiger partial charge is 0.424 e. The molecule has 348 valence electrons. The van der Waals surface area contributed by atoms with Crippen molar-refractivity contribution in [3.05, 3.63) is 17.7 Å². The molecule has 0 saturated heterocycles. The molecule has 0 heterocycles. The summed E-state index contributed by atoms with van der Waals surface area (Å²) in [5, 5.41) is 9.14. The summed E-state index contributed by atoms with van der Waals surface area (Å²) in [5.41, 5.74) is -1.79. The Bertz CT molecular complexity index is 1500. The Hall–Kier alpha value is -3.64. The van der Waals surface area contributed by atoms with E-state index in [1.807, 2.05) is 14.2 Å². The number of aliphatic hydroxyl groups is 1. The highest BCUT2D eigenvalue weighted by Crippen LogP contribution is 2.53. The van der Waals surface area contributed by atoms with Gasteiger partial charge in [-0.25, -0.2) is 13.2 Å². The van der Waals surface area contributed by atoms with Crippen molar-refractivity contribution in [3.8, 4) is 17.2 Å². The number of alkyl halides is 30. The monoisotopic (exact) mass is 954 g/mol. The van der Waals surface area contributed by atoms with Crippen LogP contribution in [0.2, 0.25) is 0 Å². The molecule has 1 aromatic carbocycles. The van der Waals surface area contributed by atoms with Crippen molar-refractivity contribution >= 4 is 0 Å². The fraction of sp³-hybridized carbons (Fsp3) is 0.727. The van der Waals surface area contributed by atoms with Gasteiger partial charge in [-0.1, -0.05) is 0 Å². The van der Waals surface area contributed by atoms with Gasteiger partial charge in [-0.15, -0.1) is 0 Å². The summed E-state index contributed by atoms with van der Waals surface area (Å²) in [5.74, 6) is -33.1. The van der Waals surface area contributed by atoms with E-state index in [-0.39, 0.29) is 0 Å². The minimum absolute atomic E-state index is 0.860. The molecule has 0 aliphatic carbocycles. The first kappa shape index (κ1) is 53.4. The van der Waals surface area contributed by atoms with Gasteiger partial charge in [-0.2, -0.15) is 119 Å². The first-order chi connectivity index (χ1) is 25.6.